The lowest BCUT2D eigenvalue weighted by Gasteiger charge is -2.32. The van der Waals surface area contributed by atoms with Crippen LogP contribution in [-0.2, 0) is 11.3 Å². The molecule has 3 rings (SSSR count). The minimum Gasteiger partial charge on any atom is -0.376 e. The molecule has 2 aromatic rings. The third kappa shape index (κ3) is 4.93. The van der Waals surface area contributed by atoms with E-state index in [4.69, 9.17) is 4.74 Å². The van der Waals surface area contributed by atoms with Gasteiger partial charge in [-0.05, 0) is 50.3 Å². The number of benzene rings is 2. The van der Waals surface area contributed by atoms with Crippen LogP contribution in [0, 0.1) is 19.8 Å². The summed E-state index contributed by atoms with van der Waals surface area (Å²) in [6.07, 6.45) is 2.04. The topological polar surface area (TPSA) is 29.5 Å². The van der Waals surface area contributed by atoms with E-state index >= 15 is 0 Å². The van der Waals surface area contributed by atoms with E-state index in [1.54, 1.807) is 0 Å². The first-order valence-corrected chi connectivity index (χ1v) is 9.11. The molecule has 0 aromatic heterocycles. The van der Waals surface area contributed by atoms with Crippen molar-refractivity contribution in [3.8, 4) is 0 Å². The van der Waals surface area contributed by atoms with E-state index in [0.717, 1.165) is 49.2 Å². The average molecular weight is 337 g/mol. The quantitative estimate of drug-likeness (QED) is 0.811. The molecular formula is C22H27NO2. The van der Waals surface area contributed by atoms with Crippen LogP contribution in [0.4, 0.5) is 0 Å². The van der Waals surface area contributed by atoms with Gasteiger partial charge in [0.25, 0.3) is 5.91 Å². The van der Waals surface area contributed by atoms with Crippen molar-refractivity contribution >= 4 is 5.91 Å². The van der Waals surface area contributed by atoms with Crippen molar-refractivity contribution in [1.82, 2.24) is 4.90 Å². The number of aryl methyl sites for hydroxylation is 2. The Kier molecular flexibility index (Phi) is 5.87. The van der Waals surface area contributed by atoms with Gasteiger partial charge in [-0.3, -0.25) is 4.79 Å². The van der Waals surface area contributed by atoms with Crippen LogP contribution in [0.15, 0.2) is 48.5 Å². The molecule has 0 radical (unpaired) electrons. The fourth-order valence-electron chi connectivity index (χ4n) is 3.50. The second-order valence-electron chi connectivity index (χ2n) is 7.11. The average Bonchev–Trinajstić information content (AvgIpc) is 2.62. The minimum atomic E-state index is 0.162. The number of nitrogens with zero attached hydrogens (tertiary/aromatic N) is 1. The Morgan fingerprint density at radius 1 is 1.04 bits per heavy atom. The molecule has 1 amide bonds. The highest BCUT2D eigenvalue weighted by Gasteiger charge is 2.24. The Bertz CT molecular complexity index is 683. The molecule has 0 spiro atoms. The fourth-order valence-corrected chi connectivity index (χ4v) is 3.50. The zero-order valence-corrected chi connectivity index (χ0v) is 15.2. The van der Waals surface area contributed by atoms with Crippen LogP contribution >= 0.6 is 0 Å². The Hall–Kier alpha value is -2.13. The molecule has 1 aliphatic heterocycles. The summed E-state index contributed by atoms with van der Waals surface area (Å²) in [4.78, 5) is 14.7. The predicted octanol–water partition coefficient (Wildman–Crippen LogP) is 4.37. The summed E-state index contributed by atoms with van der Waals surface area (Å²) in [6, 6.07) is 16.4. The molecule has 0 bridgehead atoms. The van der Waals surface area contributed by atoms with Crippen LogP contribution in [-0.4, -0.2) is 30.5 Å². The molecule has 0 unspecified atom stereocenters. The van der Waals surface area contributed by atoms with E-state index in [0.29, 0.717) is 12.5 Å². The number of likely N-dealkylation sites (tertiary alicyclic amines) is 1. The molecule has 3 heteroatoms. The van der Waals surface area contributed by atoms with Gasteiger partial charge in [0.15, 0.2) is 0 Å². The number of rotatable bonds is 5. The van der Waals surface area contributed by atoms with E-state index in [2.05, 4.69) is 18.2 Å². The van der Waals surface area contributed by atoms with Gasteiger partial charge in [0.1, 0.15) is 0 Å². The molecule has 0 atom stereocenters. The molecule has 132 valence electrons. The number of hydrogen-bond acceptors (Lipinski definition) is 2. The van der Waals surface area contributed by atoms with Crippen LogP contribution in [0.2, 0.25) is 0 Å². The van der Waals surface area contributed by atoms with E-state index in [-0.39, 0.29) is 5.91 Å². The highest BCUT2D eigenvalue weighted by molar-refractivity contribution is 5.94. The van der Waals surface area contributed by atoms with Crippen molar-refractivity contribution in [2.45, 2.75) is 33.3 Å². The van der Waals surface area contributed by atoms with Gasteiger partial charge in [-0.15, -0.1) is 0 Å². The van der Waals surface area contributed by atoms with Crippen LogP contribution in [0.5, 0.6) is 0 Å². The Balaban J connectivity index is 1.46. The summed E-state index contributed by atoms with van der Waals surface area (Å²) in [7, 11) is 0. The van der Waals surface area contributed by atoms with E-state index in [1.807, 2.05) is 49.1 Å². The SMILES string of the molecule is Cc1cc(C)cc(C(=O)N2CCC(COCc3ccccc3)CC2)c1. The number of carbonyl (C=O) groups excluding carboxylic acids is 1. The molecule has 2 aromatic carbocycles. The number of piperidine rings is 1. The van der Waals surface area contributed by atoms with Gasteiger partial charge < -0.3 is 9.64 Å². The van der Waals surface area contributed by atoms with Gasteiger partial charge in [0, 0.05) is 25.3 Å². The van der Waals surface area contributed by atoms with Gasteiger partial charge in [-0.25, -0.2) is 0 Å². The molecule has 0 aliphatic carbocycles. The van der Waals surface area contributed by atoms with Crippen molar-refractivity contribution in [2.75, 3.05) is 19.7 Å². The number of amides is 1. The minimum absolute atomic E-state index is 0.162. The number of hydrogen-bond donors (Lipinski definition) is 0. The molecule has 1 aliphatic rings. The monoisotopic (exact) mass is 337 g/mol. The molecule has 0 saturated carbocycles. The van der Waals surface area contributed by atoms with Gasteiger partial charge in [-0.2, -0.15) is 0 Å². The lowest BCUT2D eigenvalue weighted by Crippen LogP contribution is -2.39. The summed E-state index contributed by atoms with van der Waals surface area (Å²) in [6.45, 7) is 7.18. The Labute approximate surface area is 150 Å². The highest BCUT2D eigenvalue weighted by atomic mass is 16.5. The second-order valence-corrected chi connectivity index (χ2v) is 7.11. The molecule has 1 fully saturated rings. The van der Waals surface area contributed by atoms with Crippen LogP contribution in [0.3, 0.4) is 0 Å². The molecule has 25 heavy (non-hydrogen) atoms. The van der Waals surface area contributed by atoms with Crippen LogP contribution in [0.1, 0.15) is 39.9 Å². The first-order chi connectivity index (χ1) is 12.1. The first-order valence-electron chi connectivity index (χ1n) is 9.11. The van der Waals surface area contributed by atoms with E-state index in [9.17, 15) is 4.79 Å². The van der Waals surface area contributed by atoms with Crippen LogP contribution < -0.4 is 0 Å². The first kappa shape index (κ1) is 17.7. The van der Waals surface area contributed by atoms with Gasteiger partial charge in [0.05, 0.1) is 6.61 Å². The van der Waals surface area contributed by atoms with E-state index in [1.165, 1.54) is 5.56 Å². The maximum Gasteiger partial charge on any atom is 0.253 e. The third-order valence-corrected chi connectivity index (χ3v) is 4.84. The lowest BCUT2D eigenvalue weighted by atomic mass is 9.97. The molecule has 3 nitrogen and oxygen atoms in total. The maximum absolute atomic E-state index is 12.7. The van der Waals surface area contributed by atoms with Crippen molar-refractivity contribution in [1.29, 1.82) is 0 Å². The zero-order chi connectivity index (χ0) is 17.6. The molecular weight excluding hydrogens is 310 g/mol. The standard InChI is InChI=1S/C22H27NO2/c1-17-12-18(2)14-21(13-17)22(24)23-10-8-20(9-11-23)16-25-15-19-6-4-3-5-7-19/h3-7,12-14,20H,8-11,15-16H2,1-2H3. The van der Waals surface area contributed by atoms with Crippen molar-refractivity contribution < 1.29 is 9.53 Å². The van der Waals surface area contributed by atoms with Crippen molar-refractivity contribution in [3.63, 3.8) is 0 Å². The van der Waals surface area contributed by atoms with Crippen molar-refractivity contribution in [2.24, 2.45) is 5.92 Å². The smallest absolute Gasteiger partial charge is 0.253 e. The maximum atomic E-state index is 12.7. The summed E-state index contributed by atoms with van der Waals surface area (Å²) in [5, 5.41) is 0. The Morgan fingerprint density at radius 2 is 1.68 bits per heavy atom. The normalized spacial score (nSPS) is 15.4. The highest BCUT2D eigenvalue weighted by Crippen LogP contribution is 2.21. The van der Waals surface area contributed by atoms with Gasteiger partial charge >= 0.3 is 0 Å². The van der Waals surface area contributed by atoms with Crippen molar-refractivity contribution in [3.05, 3.63) is 70.8 Å². The van der Waals surface area contributed by atoms with E-state index < -0.39 is 0 Å². The van der Waals surface area contributed by atoms with Crippen LogP contribution in [0.25, 0.3) is 0 Å². The summed E-state index contributed by atoms with van der Waals surface area (Å²) in [5.41, 5.74) is 4.32. The summed E-state index contributed by atoms with van der Waals surface area (Å²) < 4.78 is 5.87. The zero-order valence-electron chi connectivity index (χ0n) is 15.2. The summed E-state index contributed by atoms with van der Waals surface area (Å²) >= 11 is 0. The molecule has 0 N–H and O–H groups in total. The fraction of sp³-hybridized carbons (Fsp3) is 0.409. The third-order valence-electron chi connectivity index (χ3n) is 4.84. The largest absolute Gasteiger partial charge is 0.376 e. The number of carbonyl (C=O) groups is 1. The van der Waals surface area contributed by atoms with Gasteiger partial charge in [-0.1, -0.05) is 47.5 Å². The second kappa shape index (κ2) is 8.30. The molecule has 1 heterocycles. The predicted molar refractivity (Wildman–Crippen MR) is 101 cm³/mol. The van der Waals surface area contributed by atoms with Gasteiger partial charge in [0.2, 0.25) is 0 Å². The molecule has 1 saturated heterocycles. The lowest BCUT2D eigenvalue weighted by molar-refractivity contribution is 0.0478. The number of ether oxygens (including phenoxy) is 1. The Morgan fingerprint density at radius 3 is 2.32 bits per heavy atom. The summed E-state index contributed by atoms with van der Waals surface area (Å²) in [5.74, 6) is 0.711.